The van der Waals surface area contributed by atoms with Crippen molar-refractivity contribution in [1.82, 2.24) is 15.4 Å². The van der Waals surface area contributed by atoms with Gasteiger partial charge in [-0.15, -0.1) is 0 Å². The van der Waals surface area contributed by atoms with Crippen molar-refractivity contribution in [2.75, 3.05) is 13.6 Å². The molecule has 0 saturated carbocycles. The Morgan fingerprint density at radius 3 is 3.00 bits per heavy atom. The van der Waals surface area contributed by atoms with Crippen molar-refractivity contribution in [3.8, 4) is 0 Å². The van der Waals surface area contributed by atoms with Crippen molar-refractivity contribution < 1.29 is 9.32 Å². The van der Waals surface area contributed by atoms with Gasteiger partial charge >= 0.3 is 0 Å². The monoisotopic (exact) mass is 285 g/mol. The number of fused-ring (bicyclic) bond motifs is 1. The van der Waals surface area contributed by atoms with Crippen molar-refractivity contribution in [1.29, 1.82) is 0 Å². The highest BCUT2D eigenvalue weighted by Gasteiger charge is 2.16. The predicted octanol–water partition coefficient (Wildman–Crippen LogP) is 1.90. The molecule has 1 N–H and O–H groups in total. The summed E-state index contributed by atoms with van der Waals surface area (Å²) >= 11 is 0. The highest BCUT2D eigenvalue weighted by Crippen LogP contribution is 2.17. The van der Waals surface area contributed by atoms with Crippen molar-refractivity contribution in [2.24, 2.45) is 0 Å². The van der Waals surface area contributed by atoms with Crippen molar-refractivity contribution >= 4 is 5.91 Å². The van der Waals surface area contributed by atoms with E-state index in [9.17, 15) is 4.79 Å². The first-order chi connectivity index (χ1) is 10.1. The van der Waals surface area contributed by atoms with Gasteiger partial charge in [0.1, 0.15) is 11.5 Å². The second kappa shape index (κ2) is 5.69. The standard InChI is InChI=1S/C16H19N3O2/c1-11-7-15(18-21-11)10-19(2)16(20)13-4-3-12-5-6-17-9-14(12)8-13/h3-4,7-8,17H,5-6,9-10H2,1-2H3. The van der Waals surface area contributed by atoms with Crippen LogP contribution in [0.1, 0.15) is 32.9 Å². The van der Waals surface area contributed by atoms with Gasteiger partial charge in [0.25, 0.3) is 5.91 Å². The maximum atomic E-state index is 12.5. The summed E-state index contributed by atoms with van der Waals surface area (Å²) in [6, 6.07) is 7.82. The number of aromatic nitrogens is 1. The summed E-state index contributed by atoms with van der Waals surface area (Å²) in [5.41, 5.74) is 4.04. The molecular formula is C16H19N3O2. The lowest BCUT2D eigenvalue weighted by atomic mass is 9.98. The first kappa shape index (κ1) is 13.8. The Kier molecular flexibility index (Phi) is 3.75. The van der Waals surface area contributed by atoms with E-state index in [0.29, 0.717) is 6.54 Å². The van der Waals surface area contributed by atoms with Crippen LogP contribution in [0.4, 0.5) is 0 Å². The maximum Gasteiger partial charge on any atom is 0.253 e. The summed E-state index contributed by atoms with van der Waals surface area (Å²) in [6.45, 7) is 4.13. The molecule has 1 aromatic heterocycles. The third-order valence-corrected chi connectivity index (χ3v) is 3.76. The van der Waals surface area contributed by atoms with E-state index in [4.69, 9.17) is 4.52 Å². The van der Waals surface area contributed by atoms with Gasteiger partial charge in [0, 0.05) is 25.2 Å². The summed E-state index contributed by atoms with van der Waals surface area (Å²) in [7, 11) is 1.78. The minimum atomic E-state index is 0.00373. The van der Waals surface area contributed by atoms with E-state index < -0.39 is 0 Å². The number of rotatable bonds is 3. The van der Waals surface area contributed by atoms with Gasteiger partial charge in [-0.2, -0.15) is 0 Å². The Balaban J connectivity index is 1.75. The molecule has 5 heteroatoms. The Morgan fingerprint density at radius 1 is 1.38 bits per heavy atom. The first-order valence-corrected chi connectivity index (χ1v) is 7.13. The van der Waals surface area contributed by atoms with E-state index in [0.717, 1.165) is 36.5 Å². The van der Waals surface area contributed by atoms with Crippen LogP contribution in [0.3, 0.4) is 0 Å². The fourth-order valence-electron chi connectivity index (χ4n) is 2.64. The highest BCUT2D eigenvalue weighted by atomic mass is 16.5. The molecule has 1 amide bonds. The number of amides is 1. The molecule has 0 spiro atoms. The van der Waals surface area contributed by atoms with E-state index in [1.807, 2.05) is 25.1 Å². The lowest BCUT2D eigenvalue weighted by Crippen LogP contribution is -2.28. The predicted molar refractivity (Wildman–Crippen MR) is 78.9 cm³/mol. The van der Waals surface area contributed by atoms with Crippen LogP contribution < -0.4 is 5.32 Å². The Hall–Kier alpha value is -2.14. The van der Waals surface area contributed by atoms with Gasteiger partial charge in [0.2, 0.25) is 0 Å². The molecule has 0 unspecified atom stereocenters. The molecular weight excluding hydrogens is 266 g/mol. The second-order valence-electron chi connectivity index (χ2n) is 5.50. The van der Waals surface area contributed by atoms with E-state index in [-0.39, 0.29) is 5.91 Å². The second-order valence-corrected chi connectivity index (χ2v) is 5.50. The molecule has 1 aliphatic rings. The number of nitrogens with zero attached hydrogens (tertiary/aromatic N) is 2. The third-order valence-electron chi connectivity index (χ3n) is 3.76. The van der Waals surface area contributed by atoms with Crippen LogP contribution in [0.5, 0.6) is 0 Å². The van der Waals surface area contributed by atoms with Crippen LogP contribution in [0, 0.1) is 6.92 Å². The number of carbonyl (C=O) groups excluding carboxylic acids is 1. The summed E-state index contributed by atoms with van der Waals surface area (Å²) in [5.74, 6) is 0.759. The van der Waals surface area contributed by atoms with Crippen molar-refractivity contribution in [3.63, 3.8) is 0 Å². The van der Waals surface area contributed by atoms with Crippen LogP contribution in [0.15, 0.2) is 28.8 Å². The fourth-order valence-corrected chi connectivity index (χ4v) is 2.64. The molecule has 2 heterocycles. The van der Waals surface area contributed by atoms with E-state index in [2.05, 4.69) is 16.5 Å². The normalized spacial score (nSPS) is 13.8. The minimum absolute atomic E-state index is 0.00373. The average molecular weight is 285 g/mol. The van der Waals surface area contributed by atoms with E-state index in [1.165, 1.54) is 11.1 Å². The first-order valence-electron chi connectivity index (χ1n) is 7.13. The number of hydrogen-bond donors (Lipinski definition) is 1. The van der Waals surface area contributed by atoms with Crippen LogP contribution in [-0.4, -0.2) is 29.6 Å². The van der Waals surface area contributed by atoms with Gasteiger partial charge in [-0.3, -0.25) is 4.79 Å². The fraction of sp³-hybridized carbons (Fsp3) is 0.375. The van der Waals surface area contributed by atoms with Crippen LogP contribution >= 0.6 is 0 Å². The third kappa shape index (κ3) is 2.97. The molecule has 110 valence electrons. The van der Waals surface area contributed by atoms with E-state index in [1.54, 1.807) is 11.9 Å². The van der Waals surface area contributed by atoms with Gasteiger partial charge in [-0.05, 0) is 43.1 Å². The van der Waals surface area contributed by atoms with Gasteiger partial charge in [0.05, 0.1) is 6.54 Å². The van der Waals surface area contributed by atoms with Crippen LogP contribution in [0.2, 0.25) is 0 Å². The summed E-state index contributed by atoms with van der Waals surface area (Å²) in [5, 5.41) is 7.25. The summed E-state index contributed by atoms with van der Waals surface area (Å²) < 4.78 is 5.03. The smallest absolute Gasteiger partial charge is 0.253 e. The number of aryl methyl sites for hydroxylation is 1. The molecule has 21 heavy (non-hydrogen) atoms. The van der Waals surface area contributed by atoms with Crippen LogP contribution in [0.25, 0.3) is 0 Å². The maximum absolute atomic E-state index is 12.5. The lowest BCUT2D eigenvalue weighted by molar-refractivity contribution is 0.0782. The number of carbonyl (C=O) groups is 1. The summed E-state index contributed by atoms with van der Waals surface area (Å²) in [4.78, 5) is 14.2. The molecule has 3 rings (SSSR count). The lowest BCUT2D eigenvalue weighted by Gasteiger charge is -2.20. The zero-order chi connectivity index (χ0) is 14.8. The molecule has 0 radical (unpaired) electrons. The number of hydrogen-bond acceptors (Lipinski definition) is 4. The van der Waals surface area contributed by atoms with E-state index >= 15 is 0 Å². The molecule has 1 aromatic carbocycles. The number of benzene rings is 1. The molecule has 0 fully saturated rings. The molecule has 5 nitrogen and oxygen atoms in total. The molecule has 0 atom stereocenters. The SMILES string of the molecule is Cc1cc(CN(C)C(=O)c2ccc3c(c2)CNCC3)no1. The summed E-state index contributed by atoms with van der Waals surface area (Å²) in [6.07, 6.45) is 1.03. The zero-order valence-electron chi connectivity index (χ0n) is 12.3. The molecule has 0 saturated heterocycles. The van der Waals surface area contributed by atoms with Gasteiger partial charge in [-0.1, -0.05) is 11.2 Å². The topological polar surface area (TPSA) is 58.4 Å². The van der Waals surface area contributed by atoms with Crippen LogP contribution in [-0.2, 0) is 19.5 Å². The quantitative estimate of drug-likeness (QED) is 0.935. The molecule has 1 aliphatic heterocycles. The number of nitrogens with one attached hydrogen (secondary N) is 1. The van der Waals surface area contributed by atoms with Crippen molar-refractivity contribution in [3.05, 3.63) is 52.4 Å². The molecule has 2 aromatic rings. The van der Waals surface area contributed by atoms with Gasteiger partial charge in [-0.25, -0.2) is 0 Å². The minimum Gasteiger partial charge on any atom is -0.361 e. The highest BCUT2D eigenvalue weighted by molar-refractivity contribution is 5.94. The molecule has 0 bridgehead atoms. The molecule has 0 aliphatic carbocycles. The van der Waals surface area contributed by atoms with Gasteiger partial charge in [0.15, 0.2) is 0 Å². The van der Waals surface area contributed by atoms with Gasteiger partial charge < -0.3 is 14.7 Å². The van der Waals surface area contributed by atoms with Crippen molar-refractivity contribution in [2.45, 2.75) is 26.4 Å². The Labute approximate surface area is 123 Å². The Bertz CT molecular complexity index is 663. The average Bonchev–Trinajstić information content (AvgIpc) is 2.91. The largest absolute Gasteiger partial charge is 0.361 e. The zero-order valence-corrected chi connectivity index (χ0v) is 12.3. The Morgan fingerprint density at radius 2 is 2.24 bits per heavy atom.